The third-order valence-corrected chi connectivity index (χ3v) is 1.08. The number of esters is 1. The van der Waals surface area contributed by atoms with E-state index in [1.165, 1.54) is 0 Å². The molecule has 4 nitrogen and oxygen atoms in total. The predicted octanol–water partition coefficient (Wildman–Crippen LogP) is 0.433. The molecule has 4 heteroatoms. The smallest absolute Gasteiger partial charge is 0.345 e. The van der Waals surface area contributed by atoms with Crippen molar-refractivity contribution in [1.29, 1.82) is 0 Å². The molecule has 0 aliphatic carbocycles. The summed E-state index contributed by atoms with van der Waals surface area (Å²) in [4.78, 5) is 19.8. The van der Waals surface area contributed by atoms with Crippen LogP contribution in [-0.4, -0.2) is 19.2 Å². The lowest BCUT2D eigenvalue weighted by Crippen LogP contribution is -2.13. The van der Waals surface area contributed by atoms with E-state index in [-0.39, 0.29) is 6.10 Å². The summed E-state index contributed by atoms with van der Waals surface area (Å²) in [7, 11) is 0. The van der Waals surface area contributed by atoms with Gasteiger partial charge in [-0.05, 0) is 6.92 Å². The third kappa shape index (κ3) is 1.68. The Morgan fingerprint density at radius 3 is 3.10 bits per heavy atom. The van der Waals surface area contributed by atoms with Gasteiger partial charge in [-0.1, -0.05) is 0 Å². The van der Waals surface area contributed by atoms with Gasteiger partial charge in [0.2, 0.25) is 6.10 Å². The molecule has 10 heavy (non-hydrogen) atoms. The Morgan fingerprint density at radius 2 is 2.60 bits per heavy atom. The van der Waals surface area contributed by atoms with Crippen LogP contribution in [0.15, 0.2) is 0 Å². The predicted molar refractivity (Wildman–Crippen MR) is 31.5 cm³/mol. The zero-order valence-electron chi connectivity index (χ0n) is 5.75. The molecule has 1 heterocycles. The van der Waals surface area contributed by atoms with E-state index in [0.29, 0.717) is 19.6 Å². The summed E-state index contributed by atoms with van der Waals surface area (Å²) in [6.45, 7) is 2.55. The number of carbonyl (C=O) groups excluding carboxylic acids is 1. The molecule has 0 unspecified atom stereocenters. The second kappa shape index (κ2) is 3.53. The molecule has 1 radical (unpaired) electrons. The molecule has 0 bridgehead atoms. The molecule has 1 aliphatic rings. The lowest BCUT2D eigenvalue weighted by molar-refractivity contribution is -0.246. The molecule has 0 N–H and O–H groups in total. The van der Waals surface area contributed by atoms with Crippen LogP contribution in [0.1, 0.15) is 13.3 Å². The van der Waals surface area contributed by atoms with Gasteiger partial charge in [0.1, 0.15) is 0 Å². The lowest BCUT2D eigenvalue weighted by Gasteiger charge is -2.02. The third-order valence-electron chi connectivity index (χ3n) is 1.08. The Labute approximate surface area is 59.0 Å². The minimum Gasteiger partial charge on any atom is -0.464 e. The second-order valence-electron chi connectivity index (χ2n) is 1.80. The van der Waals surface area contributed by atoms with E-state index in [1.54, 1.807) is 6.92 Å². The van der Waals surface area contributed by atoms with E-state index in [0.717, 1.165) is 0 Å². The van der Waals surface area contributed by atoms with Gasteiger partial charge < -0.3 is 4.74 Å². The summed E-state index contributed by atoms with van der Waals surface area (Å²) in [5.74, 6) is -0.417. The van der Waals surface area contributed by atoms with Crippen molar-refractivity contribution in [3.8, 4) is 0 Å². The van der Waals surface area contributed by atoms with Crippen molar-refractivity contribution in [2.24, 2.45) is 0 Å². The topological polar surface area (TPSA) is 44.8 Å². The average molecular weight is 145 g/mol. The zero-order chi connectivity index (χ0) is 7.40. The minimum absolute atomic E-state index is 0.266. The van der Waals surface area contributed by atoms with Crippen LogP contribution in [0.3, 0.4) is 0 Å². The van der Waals surface area contributed by atoms with Crippen LogP contribution in [0.5, 0.6) is 0 Å². The normalized spacial score (nSPS) is 19.3. The lowest BCUT2D eigenvalue weighted by atomic mass is 10.3. The molecule has 1 rings (SSSR count). The van der Waals surface area contributed by atoms with Gasteiger partial charge in [-0.2, -0.15) is 0 Å². The molecule has 0 atom stereocenters. The first-order chi connectivity index (χ1) is 4.84. The molecular weight excluding hydrogens is 136 g/mol. The molecule has 0 aromatic rings. The quantitative estimate of drug-likeness (QED) is 0.417. The maximum absolute atomic E-state index is 10.8. The first-order valence-corrected chi connectivity index (χ1v) is 3.17. The van der Waals surface area contributed by atoms with Crippen LogP contribution in [-0.2, 0) is 19.3 Å². The highest BCUT2D eigenvalue weighted by Gasteiger charge is 2.28. The fraction of sp³-hybridized carbons (Fsp3) is 0.667. The molecular formula is C6H9O4. The van der Waals surface area contributed by atoms with Gasteiger partial charge in [0.25, 0.3) is 0 Å². The molecule has 0 aromatic carbocycles. The first-order valence-electron chi connectivity index (χ1n) is 3.17. The minimum atomic E-state index is -0.417. The maximum atomic E-state index is 10.8. The van der Waals surface area contributed by atoms with Crippen molar-refractivity contribution >= 4 is 5.97 Å². The fourth-order valence-electron chi connectivity index (χ4n) is 0.636. The second-order valence-corrected chi connectivity index (χ2v) is 1.80. The Morgan fingerprint density at radius 1 is 1.80 bits per heavy atom. The van der Waals surface area contributed by atoms with Crippen LogP contribution >= 0.6 is 0 Å². The van der Waals surface area contributed by atoms with Gasteiger partial charge in [-0.25, -0.2) is 14.6 Å². The highest BCUT2D eigenvalue weighted by Crippen LogP contribution is 2.17. The summed E-state index contributed by atoms with van der Waals surface area (Å²) in [5.41, 5.74) is 0. The Kier molecular flexibility index (Phi) is 2.65. The van der Waals surface area contributed by atoms with Crippen molar-refractivity contribution in [2.45, 2.75) is 13.3 Å². The SMILES string of the molecule is CCOC(=O)[C]1CCOO1. The van der Waals surface area contributed by atoms with E-state index in [9.17, 15) is 4.79 Å². The van der Waals surface area contributed by atoms with Crippen LogP contribution in [0.25, 0.3) is 0 Å². The highest BCUT2D eigenvalue weighted by molar-refractivity contribution is 5.82. The summed E-state index contributed by atoms with van der Waals surface area (Å²) in [5, 5.41) is 0. The molecule has 0 saturated carbocycles. The van der Waals surface area contributed by atoms with Gasteiger partial charge in [-0.15, -0.1) is 0 Å². The highest BCUT2D eigenvalue weighted by atomic mass is 17.2. The molecule has 0 aromatic heterocycles. The summed E-state index contributed by atoms with van der Waals surface area (Å²) < 4.78 is 4.64. The number of carbonyl (C=O) groups is 1. The van der Waals surface area contributed by atoms with E-state index >= 15 is 0 Å². The number of hydrogen-bond acceptors (Lipinski definition) is 4. The number of hydrogen-bond donors (Lipinski definition) is 0. The molecule has 0 amide bonds. The molecule has 0 spiro atoms. The van der Waals surface area contributed by atoms with Crippen LogP contribution in [0.4, 0.5) is 0 Å². The van der Waals surface area contributed by atoms with E-state index in [4.69, 9.17) is 0 Å². The van der Waals surface area contributed by atoms with Gasteiger partial charge in [0, 0.05) is 6.42 Å². The largest absolute Gasteiger partial charge is 0.464 e. The summed E-state index contributed by atoms with van der Waals surface area (Å²) in [6, 6.07) is 0. The molecule has 1 fully saturated rings. The van der Waals surface area contributed by atoms with Crippen molar-refractivity contribution < 1.29 is 19.3 Å². The zero-order valence-corrected chi connectivity index (χ0v) is 5.75. The van der Waals surface area contributed by atoms with Gasteiger partial charge in [-0.3, -0.25) is 0 Å². The fourth-order valence-corrected chi connectivity index (χ4v) is 0.636. The van der Waals surface area contributed by atoms with Crippen LogP contribution in [0.2, 0.25) is 0 Å². The Bertz CT molecular complexity index is 117. The molecule has 1 aliphatic heterocycles. The van der Waals surface area contributed by atoms with Gasteiger partial charge >= 0.3 is 5.97 Å². The summed E-state index contributed by atoms with van der Waals surface area (Å²) >= 11 is 0. The van der Waals surface area contributed by atoms with Crippen molar-refractivity contribution in [3.05, 3.63) is 6.10 Å². The monoisotopic (exact) mass is 145 g/mol. The van der Waals surface area contributed by atoms with Gasteiger partial charge in [0.05, 0.1) is 13.2 Å². The summed E-state index contributed by atoms with van der Waals surface area (Å²) in [6.07, 6.45) is 0.778. The number of ether oxygens (including phenoxy) is 1. The van der Waals surface area contributed by atoms with Crippen molar-refractivity contribution in [2.75, 3.05) is 13.2 Å². The Balaban J connectivity index is 2.25. The number of rotatable bonds is 2. The van der Waals surface area contributed by atoms with Crippen molar-refractivity contribution in [3.63, 3.8) is 0 Å². The molecule has 57 valence electrons. The van der Waals surface area contributed by atoms with E-state index < -0.39 is 5.97 Å². The van der Waals surface area contributed by atoms with E-state index in [1.807, 2.05) is 0 Å². The average Bonchev–Trinajstić information content (AvgIpc) is 2.38. The standard InChI is InChI=1S/C6H9O4/c1-2-8-6(7)5-3-4-9-10-5/h2-4H2,1H3. The van der Waals surface area contributed by atoms with Crippen LogP contribution < -0.4 is 0 Å². The van der Waals surface area contributed by atoms with Crippen molar-refractivity contribution in [1.82, 2.24) is 0 Å². The van der Waals surface area contributed by atoms with Gasteiger partial charge in [0.15, 0.2) is 0 Å². The van der Waals surface area contributed by atoms with Crippen LogP contribution in [0, 0.1) is 6.10 Å². The first kappa shape index (κ1) is 7.50. The maximum Gasteiger partial charge on any atom is 0.345 e. The van der Waals surface area contributed by atoms with E-state index in [2.05, 4.69) is 14.5 Å². The Hall–Kier alpha value is -0.610. The molecule has 1 saturated heterocycles.